The van der Waals surface area contributed by atoms with E-state index in [-0.39, 0.29) is 11.3 Å². The van der Waals surface area contributed by atoms with Gasteiger partial charge in [-0.25, -0.2) is 0 Å². The number of non-ortho nitro benzene ring substituents is 1. The quantitative estimate of drug-likeness (QED) is 0.538. The predicted octanol–water partition coefficient (Wildman–Crippen LogP) is 1.81. The number of carbonyl (C=O) groups is 2. The summed E-state index contributed by atoms with van der Waals surface area (Å²) in [7, 11) is 3.26. The van der Waals surface area contributed by atoms with Gasteiger partial charge in [-0.15, -0.1) is 0 Å². The highest BCUT2D eigenvalue weighted by Gasteiger charge is 2.18. The number of halogens is 1. The molecule has 1 aromatic carbocycles. The molecule has 2 amide bonds. The van der Waals surface area contributed by atoms with Crippen LogP contribution in [-0.4, -0.2) is 28.4 Å². The average Bonchev–Trinajstić information content (AvgIpc) is 2.90. The highest BCUT2D eigenvalue weighted by atomic mass is 79.9. The zero-order chi connectivity index (χ0) is 17.9. The Morgan fingerprint density at radius 2 is 1.88 bits per heavy atom. The zero-order valence-corrected chi connectivity index (χ0v) is 14.4. The minimum absolute atomic E-state index is 0.0417. The van der Waals surface area contributed by atoms with Crippen LogP contribution in [0.3, 0.4) is 0 Å². The van der Waals surface area contributed by atoms with Gasteiger partial charge in [0.25, 0.3) is 17.5 Å². The average molecular weight is 396 g/mol. The first-order valence-electron chi connectivity index (χ1n) is 6.72. The van der Waals surface area contributed by atoms with Crippen molar-refractivity contribution in [2.75, 3.05) is 12.4 Å². The third-order valence-electron chi connectivity index (χ3n) is 3.22. The number of anilines is 1. The molecule has 24 heavy (non-hydrogen) atoms. The molecular weight excluding hydrogens is 382 g/mol. The maximum Gasteiger partial charge on any atom is 0.286 e. The zero-order valence-electron chi connectivity index (χ0n) is 12.8. The van der Waals surface area contributed by atoms with Crippen molar-refractivity contribution in [2.45, 2.75) is 0 Å². The summed E-state index contributed by atoms with van der Waals surface area (Å²) in [5.41, 5.74) is 5.06. The van der Waals surface area contributed by atoms with E-state index in [1.807, 2.05) is 0 Å². The Morgan fingerprint density at radius 1 is 1.21 bits per heavy atom. The molecule has 2 aromatic rings. The summed E-state index contributed by atoms with van der Waals surface area (Å²) >= 11 is 3.25. The molecule has 1 heterocycles. The Kier molecular flexibility index (Phi) is 5.19. The molecule has 3 N–H and O–H groups in total. The van der Waals surface area contributed by atoms with Crippen LogP contribution in [0.15, 0.2) is 34.9 Å². The molecule has 0 aliphatic carbocycles. The number of hydrogen-bond acceptors (Lipinski definition) is 5. The van der Waals surface area contributed by atoms with Crippen LogP contribution < -0.4 is 16.2 Å². The minimum Gasteiger partial charge on any atom is -0.387 e. The third-order valence-corrected chi connectivity index (χ3v) is 3.66. The lowest BCUT2D eigenvalue weighted by Gasteiger charge is -2.11. The van der Waals surface area contributed by atoms with Gasteiger partial charge < -0.3 is 9.88 Å². The van der Waals surface area contributed by atoms with E-state index < -0.39 is 16.7 Å². The lowest BCUT2D eigenvalue weighted by atomic mass is 10.1. The van der Waals surface area contributed by atoms with Crippen molar-refractivity contribution < 1.29 is 14.5 Å². The molecule has 0 atom stereocenters. The number of benzene rings is 1. The van der Waals surface area contributed by atoms with E-state index in [9.17, 15) is 19.7 Å². The normalized spacial score (nSPS) is 10.1. The van der Waals surface area contributed by atoms with Crippen LogP contribution in [0.2, 0.25) is 0 Å². The molecule has 9 nitrogen and oxygen atoms in total. The van der Waals surface area contributed by atoms with Crippen molar-refractivity contribution in [1.82, 2.24) is 15.4 Å². The van der Waals surface area contributed by atoms with Crippen molar-refractivity contribution >= 4 is 39.1 Å². The van der Waals surface area contributed by atoms with Gasteiger partial charge in [0.05, 0.1) is 10.5 Å². The fraction of sp³-hybridized carbons (Fsp3) is 0.143. The van der Waals surface area contributed by atoms with E-state index >= 15 is 0 Å². The summed E-state index contributed by atoms with van der Waals surface area (Å²) in [5, 5.41) is 13.6. The molecule has 0 aliphatic heterocycles. The Bertz CT molecular complexity index is 817. The van der Waals surface area contributed by atoms with E-state index in [1.165, 1.54) is 12.1 Å². The molecule has 0 saturated carbocycles. The Hall–Kier alpha value is -2.88. The van der Waals surface area contributed by atoms with E-state index in [2.05, 4.69) is 32.1 Å². The number of amides is 2. The smallest absolute Gasteiger partial charge is 0.286 e. The number of nitro groups is 1. The topological polar surface area (TPSA) is 118 Å². The van der Waals surface area contributed by atoms with Crippen molar-refractivity contribution in [3.05, 3.63) is 56.3 Å². The summed E-state index contributed by atoms with van der Waals surface area (Å²) in [4.78, 5) is 34.5. The second-order valence-electron chi connectivity index (χ2n) is 4.80. The Morgan fingerprint density at radius 3 is 2.42 bits per heavy atom. The van der Waals surface area contributed by atoms with E-state index in [1.54, 1.807) is 30.9 Å². The van der Waals surface area contributed by atoms with E-state index in [0.717, 1.165) is 10.5 Å². The number of hydrazine groups is 1. The number of nitrogens with zero attached hydrogens (tertiary/aromatic N) is 2. The highest BCUT2D eigenvalue weighted by Crippen LogP contribution is 2.21. The molecule has 0 bridgehead atoms. The number of aromatic nitrogens is 1. The predicted molar refractivity (Wildman–Crippen MR) is 90.7 cm³/mol. The van der Waals surface area contributed by atoms with Crippen LogP contribution in [0.5, 0.6) is 0 Å². The molecule has 0 unspecified atom stereocenters. The summed E-state index contributed by atoms with van der Waals surface area (Å²) in [6.07, 6.45) is 1.69. The van der Waals surface area contributed by atoms with Crippen molar-refractivity contribution in [3.63, 3.8) is 0 Å². The Labute approximate surface area is 145 Å². The maximum atomic E-state index is 12.2. The van der Waals surface area contributed by atoms with E-state index in [0.29, 0.717) is 11.4 Å². The summed E-state index contributed by atoms with van der Waals surface area (Å²) in [5.74, 6) is -1.20. The molecule has 0 saturated heterocycles. The molecule has 10 heteroatoms. The molecular formula is C14H14BrN5O4. The minimum atomic E-state index is -0.676. The monoisotopic (exact) mass is 395 g/mol. The number of nitro benzene ring substituents is 1. The Balaban J connectivity index is 2.15. The summed E-state index contributed by atoms with van der Waals surface area (Å²) in [6, 6.07) is 5.42. The van der Waals surface area contributed by atoms with Gasteiger partial charge in [-0.3, -0.25) is 30.6 Å². The van der Waals surface area contributed by atoms with Crippen LogP contribution in [0.4, 0.5) is 11.4 Å². The number of hydrogen-bond donors (Lipinski definition) is 3. The standard InChI is InChI=1S/C14H14BrN5O4/c1-16-11-4-3-9(20(23)24)6-10(11)13(21)17-18-14(22)12-5-8(15)7-19(12)2/h3-7,16H,1-2H3,(H,17,21)(H,18,22). The van der Waals surface area contributed by atoms with Gasteiger partial charge in [0.1, 0.15) is 5.69 Å². The van der Waals surface area contributed by atoms with Crippen molar-refractivity contribution in [2.24, 2.45) is 7.05 Å². The number of rotatable bonds is 4. The van der Waals surface area contributed by atoms with Crippen LogP contribution in [0.25, 0.3) is 0 Å². The molecule has 0 aliphatic rings. The highest BCUT2D eigenvalue weighted by molar-refractivity contribution is 9.10. The number of carbonyl (C=O) groups excluding carboxylic acids is 2. The van der Waals surface area contributed by atoms with Crippen LogP contribution >= 0.6 is 15.9 Å². The second-order valence-corrected chi connectivity index (χ2v) is 5.72. The first-order chi connectivity index (χ1) is 11.3. The molecule has 0 spiro atoms. The van der Waals surface area contributed by atoms with Gasteiger partial charge in [-0.1, -0.05) is 0 Å². The number of aryl methyl sites for hydroxylation is 1. The van der Waals surface area contributed by atoms with Crippen LogP contribution in [-0.2, 0) is 7.05 Å². The first kappa shape index (κ1) is 17.5. The third kappa shape index (κ3) is 3.71. The molecule has 0 radical (unpaired) electrons. The summed E-state index contributed by atoms with van der Waals surface area (Å²) < 4.78 is 2.30. The summed E-state index contributed by atoms with van der Waals surface area (Å²) in [6.45, 7) is 0. The van der Waals surface area contributed by atoms with Gasteiger partial charge in [0.2, 0.25) is 0 Å². The van der Waals surface area contributed by atoms with E-state index in [4.69, 9.17) is 0 Å². The maximum absolute atomic E-state index is 12.2. The first-order valence-corrected chi connectivity index (χ1v) is 7.51. The molecule has 0 fully saturated rings. The largest absolute Gasteiger partial charge is 0.387 e. The van der Waals surface area contributed by atoms with Crippen LogP contribution in [0, 0.1) is 10.1 Å². The molecule has 1 aromatic heterocycles. The molecule has 2 rings (SSSR count). The van der Waals surface area contributed by atoms with Crippen molar-refractivity contribution in [3.8, 4) is 0 Å². The van der Waals surface area contributed by atoms with Gasteiger partial charge in [0, 0.05) is 42.6 Å². The lowest BCUT2D eigenvalue weighted by molar-refractivity contribution is -0.384. The fourth-order valence-electron chi connectivity index (χ4n) is 2.05. The van der Waals surface area contributed by atoms with Gasteiger partial charge in [-0.2, -0.15) is 0 Å². The van der Waals surface area contributed by atoms with Crippen molar-refractivity contribution in [1.29, 1.82) is 0 Å². The van der Waals surface area contributed by atoms with Gasteiger partial charge in [0.15, 0.2) is 0 Å². The van der Waals surface area contributed by atoms with Crippen LogP contribution in [0.1, 0.15) is 20.8 Å². The van der Waals surface area contributed by atoms with Gasteiger partial charge >= 0.3 is 0 Å². The second kappa shape index (κ2) is 7.13. The van der Waals surface area contributed by atoms with Gasteiger partial charge in [-0.05, 0) is 28.1 Å². The number of nitrogens with one attached hydrogen (secondary N) is 3. The fourth-order valence-corrected chi connectivity index (χ4v) is 2.57. The SMILES string of the molecule is CNc1ccc([N+](=O)[O-])cc1C(=O)NNC(=O)c1cc(Br)cn1C. The lowest BCUT2D eigenvalue weighted by Crippen LogP contribution is -2.42. The molecule has 126 valence electrons.